The molecule has 122 valence electrons. The van der Waals surface area contributed by atoms with Gasteiger partial charge in [-0.15, -0.1) is 11.3 Å². The monoisotopic (exact) mass is 351 g/mol. The summed E-state index contributed by atoms with van der Waals surface area (Å²) in [5.74, 6) is 1.77. The lowest BCUT2D eigenvalue weighted by Crippen LogP contribution is -2.39. The second-order valence-corrected chi connectivity index (χ2v) is 8.42. The number of nitrogens with one attached hydrogen (secondary N) is 1. The molecule has 2 aliphatic carbocycles. The van der Waals surface area contributed by atoms with Crippen molar-refractivity contribution in [3.8, 4) is 0 Å². The van der Waals surface area contributed by atoms with E-state index in [1.807, 2.05) is 0 Å². The number of carbonyl (C=O) groups is 1. The van der Waals surface area contributed by atoms with Crippen LogP contribution in [0.5, 0.6) is 0 Å². The predicted molar refractivity (Wildman–Crippen MR) is 92.7 cm³/mol. The van der Waals surface area contributed by atoms with Crippen LogP contribution in [-0.4, -0.2) is 11.9 Å². The maximum atomic E-state index is 13.3. The van der Waals surface area contributed by atoms with Crippen LogP contribution >= 0.6 is 22.9 Å². The zero-order chi connectivity index (χ0) is 16.1. The Hall–Kier alpha value is -1.13. The molecule has 4 rings (SSSR count). The van der Waals surface area contributed by atoms with Crippen molar-refractivity contribution in [2.45, 2.75) is 38.6 Å². The smallest absolute Gasteiger partial charge is 0.263 e. The van der Waals surface area contributed by atoms with E-state index in [1.54, 1.807) is 6.07 Å². The fourth-order valence-electron chi connectivity index (χ4n) is 4.47. The zero-order valence-electron chi connectivity index (χ0n) is 12.9. The van der Waals surface area contributed by atoms with E-state index in [0.717, 1.165) is 17.2 Å². The number of rotatable bonds is 3. The summed E-state index contributed by atoms with van der Waals surface area (Å²) in [6.45, 7) is 2.10. The zero-order valence-corrected chi connectivity index (χ0v) is 14.5. The van der Waals surface area contributed by atoms with Gasteiger partial charge in [0.15, 0.2) is 0 Å². The Balaban J connectivity index is 1.54. The summed E-state index contributed by atoms with van der Waals surface area (Å²) < 4.78 is 14.1. The molecule has 1 N–H and O–H groups in total. The van der Waals surface area contributed by atoms with E-state index in [9.17, 15) is 9.18 Å². The average molecular weight is 352 g/mol. The van der Waals surface area contributed by atoms with Crippen molar-refractivity contribution in [3.63, 3.8) is 0 Å². The number of halogens is 2. The van der Waals surface area contributed by atoms with E-state index in [1.165, 1.54) is 49.2 Å². The van der Waals surface area contributed by atoms with E-state index in [4.69, 9.17) is 11.6 Å². The molecule has 0 aliphatic heterocycles. The van der Waals surface area contributed by atoms with Crippen molar-refractivity contribution in [2.24, 2.45) is 17.8 Å². The number of thiophene rings is 1. The van der Waals surface area contributed by atoms with Gasteiger partial charge in [-0.25, -0.2) is 4.39 Å². The van der Waals surface area contributed by atoms with Gasteiger partial charge in [0, 0.05) is 16.1 Å². The molecular weight excluding hydrogens is 333 g/mol. The molecule has 1 amide bonds. The SMILES string of the molecule is CC(NC(=O)c1sc2cc(F)ccc2c1Cl)C1CC2CCC1C2. The fraction of sp³-hybridized carbons (Fsp3) is 0.500. The van der Waals surface area contributed by atoms with Crippen LogP contribution in [0.4, 0.5) is 4.39 Å². The normalized spacial score (nSPS) is 27.5. The van der Waals surface area contributed by atoms with Crippen molar-refractivity contribution in [1.29, 1.82) is 0 Å². The first-order valence-electron chi connectivity index (χ1n) is 8.21. The third kappa shape index (κ3) is 2.66. The largest absolute Gasteiger partial charge is 0.349 e. The summed E-state index contributed by atoms with van der Waals surface area (Å²) in [7, 11) is 0. The second kappa shape index (κ2) is 5.75. The van der Waals surface area contributed by atoms with Crippen LogP contribution in [0.25, 0.3) is 10.1 Å². The fourth-order valence-corrected chi connectivity index (χ4v) is 5.92. The van der Waals surface area contributed by atoms with Crippen molar-refractivity contribution < 1.29 is 9.18 Å². The molecule has 0 radical (unpaired) electrons. The molecule has 2 fully saturated rings. The van der Waals surface area contributed by atoms with Crippen LogP contribution in [0.15, 0.2) is 18.2 Å². The van der Waals surface area contributed by atoms with Gasteiger partial charge in [-0.1, -0.05) is 18.0 Å². The summed E-state index contributed by atoms with van der Waals surface area (Å²) in [6.07, 6.45) is 5.22. The third-order valence-corrected chi connectivity index (χ3v) is 7.25. The number of fused-ring (bicyclic) bond motifs is 3. The first-order chi connectivity index (χ1) is 11.0. The standard InChI is InChI=1S/C18H19ClFNOS/c1-9(14-7-10-2-3-11(14)6-10)21-18(22)17-16(19)13-5-4-12(20)8-15(13)23-17/h4-5,8-11,14H,2-3,6-7H2,1H3,(H,21,22). The molecule has 2 nitrogen and oxygen atoms in total. The lowest BCUT2D eigenvalue weighted by atomic mass is 9.84. The van der Waals surface area contributed by atoms with Gasteiger partial charge in [-0.05, 0) is 62.1 Å². The van der Waals surface area contributed by atoms with Crippen molar-refractivity contribution in [2.75, 3.05) is 0 Å². The molecule has 2 bridgehead atoms. The minimum absolute atomic E-state index is 0.133. The number of benzene rings is 1. The van der Waals surface area contributed by atoms with Gasteiger partial charge < -0.3 is 5.32 Å². The van der Waals surface area contributed by atoms with Crippen LogP contribution in [0.3, 0.4) is 0 Å². The molecule has 1 aromatic carbocycles. The number of amides is 1. The maximum Gasteiger partial charge on any atom is 0.263 e. The van der Waals surface area contributed by atoms with E-state index in [-0.39, 0.29) is 17.8 Å². The lowest BCUT2D eigenvalue weighted by molar-refractivity contribution is 0.0919. The summed E-state index contributed by atoms with van der Waals surface area (Å²) in [5.41, 5.74) is 0. The topological polar surface area (TPSA) is 29.1 Å². The highest BCUT2D eigenvalue weighted by Crippen LogP contribution is 2.49. The highest BCUT2D eigenvalue weighted by atomic mass is 35.5. The van der Waals surface area contributed by atoms with Gasteiger partial charge in [-0.2, -0.15) is 0 Å². The maximum absolute atomic E-state index is 13.3. The summed E-state index contributed by atoms with van der Waals surface area (Å²) in [6, 6.07) is 4.61. The van der Waals surface area contributed by atoms with Gasteiger partial charge in [0.25, 0.3) is 5.91 Å². The Labute approximate surface area is 144 Å². The molecule has 23 heavy (non-hydrogen) atoms. The first-order valence-corrected chi connectivity index (χ1v) is 9.41. The van der Waals surface area contributed by atoms with Crippen LogP contribution < -0.4 is 5.32 Å². The molecule has 0 saturated heterocycles. The highest BCUT2D eigenvalue weighted by molar-refractivity contribution is 7.21. The molecule has 2 aromatic rings. The summed E-state index contributed by atoms with van der Waals surface area (Å²) >= 11 is 7.60. The number of hydrogen-bond acceptors (Lipinski definition) is 2. The Morgan fingerprint density at radius 1 is 1.39 bits per heavy atom. The summed E-state index contributed by atoms with van der Waals surface area (Å²) in [4.78, 5) is 13.1. The molecular formula is C18H19ClFNOS. The van der Waals surface area contributed by atoms with Crippen molar-refractivity contribution in [1.82, 2.24) is 5.32 Å². The molecule has 1 aromatic heterocycles. The van der Waals surface area contributed by atoms with Crippen LogP contribution in [-0.2, 0) is 0 Å². The first kappa shape index (κ1) is 15.4. The van der Waals surface area contributed by atoms with Gasteiger partial charge in [-0.3, -0.25) is 4.79 Å². The molecule has 4 unspecified atom stereocenters. The lowest BCUT2D eigenvalue weighted by Gasteiger charge is -2.28. The van der Waals surface area contributed by atoms with Crippen molar-refractivity contribution in [3.05, 3.63) is 33.9 Å². The number of hydrogen-bond donors (Lipinski definition) is 1. The van der Waals surface area contributed by atoms with E-state index < -0.39 is 0 Å². The van der Waals surface area contributed by atoms with Crippen LogP contribution in [0.2, 0.25) is 5.02 Å². The van der Waals surface area contributed by atoms with Gasteiger partial charge in [0.05, 0.1) is 5.02 Å². The Morgan fingerprint density at radius 3 is 2.91 bits per heavy atom. The highest BCUT2D eigenvalue weighted by Gasteiger charge is 2.42. The minimum atomic E-state index is -0.308. The van der Waals surface area contributed by atoms with Gasteiger partial charge in [0.1, 0.15) is 10.7 Å². The van der Waals surface area contributed by atoms with Crippen LogP contribution in [0.1, 0.15) is 42.3 Å². The Morgan fingerprint density at radius 2 is 2.22 bits per heavy atom. The second-order valence-electron chi connectivity index (χ2n) is 6.99. The molecule has 2 aliphatic rings. The van der Waals surface area contributed by atoms with Crippen LogP contribution in [0, 0.1) is 23.6 Å². The molecule has 5 heteroatoms. The Bertz CT molecular complexity index is 774. The quantitative estimate of drug-likeness (QED) is 0.804. The molecule has 1 heterocycles. The molecule has 4 atom stereocenters. The van der Waals surface area contributed by atoms with Gasteiger partial charge >= 0.3 is 0 Å². The van der Waals surface area contributed by atoms with Crippen molar-refractivity contribution >= 4 is 38.9 Å². The van der Waals surface area contributed by atoms with Gasteiger partial charge in [0.2, 0.25) is 0 Å². The number of carbonyl (C=O) groups excluding carboxylic acids is 1. The van der Waals surface area contributed by atoms with E-state index >= 15 is 0 Å². The van der Waals surface area contributed by atoms with E-state index in [2.05, 4.69) is 12.2 Å². The van der Waals surface area contributed by atoms with E-state index in [0.29, 0.717) is 20.5 Å². The molecule has 2 saturated carbocycles. The Kier molecular flexibility index (Phi) is 3.85. The predicted octanol–water partition coefficient (Wildman–Crippen LogP) is 5.25. The molecule has 0 spiro atoms. The third-order valence-electron chi connectivity index (χ3n) is 5.59. The summed E-state index contributed by atoms with van der Waals surface area (Å²) in [5, 5.41) is 4.31. The average Bonchev–Trinajstić information content (AvgIpc) is 3.21. The minimum Gasteiger partial charge on any atom is -0.349 e.